The number of anilines is 3. The van der Waals surface area contributed by atoms with Crippen LogP contribution in [0.1, 0.15) is 50.3 Å². The zero-order chi connectivity index (χ0) is 30.5. The van der Waals surface area contributed by atoms with Gasteiger partial charge in [-0.15, -0.1) is 0 Å². The number of carbonyl (C=O) groups excluding carboxylic acids is 3. The van der Waals surface area contributed by atoms with E-state index in [-0.39, 0.29) is 29.4 Å². The summed E-state index contributed by atoms with van der Waals surface area (Å²) in [5, 5.41) is 9.24. The second kappa shape index (κ2) is 16.2. The molecule has 0 unspecified atom stereocenters. The lowest BCUT2D eigenvalue weighted by Gasteiger charge is -2.23. The average Bonchev–Trinajstić information content (AvgIpc) is 2.91. The van der Waals surface area contributed by atoms with Gasteiger partial charge in [-0.25, -0.2) is 9.97 Å². The summed E-state index contributed by atoms with van der Waals surface area (Å²) < 4.78 is 5.86. The first-order chi connectivity index (χ1) is 19.4. The molecular weight excluding hydrogens is 524 g/mol. The quantitative estimate of drug-likeness (QED) is 0.177. The van der Waals surface area contributed by atoms with Crippen LogP contribution in [0, 0.1) is 0 Å². The highest BCUT2D eigenvalue weighted by Crippen LogP contribution is 2.25. The Balaban J connectivity index is 1.92. The van der Waals surface area contributed by atoms with Crippen LogP contribution in [0.4, 0.5) is 17.3 Å². The lowest BCUT2D eigenvalue weighted by Crippen LogP contribution is -2.45. The van der Waals surface area contributed by atoms with Gasteiger partial charge in [-0.1, -0.05) is 19.1 Å². The molecule has 1 atom stereocenters. The first-order valence-electron chi connectivity index (χ1n) is 13.8. The summed E-state index contributed by atoms with van der Waals surface area (Å²) in [6.45, 7) is 9.01. The maximum Gasteiger partial charge on any atom is 0.271 e. The number of nitrogens with zero attached hydrogens (tertiary/aromatic N) is 4. The van der Waals surface area contributed by atoms with E-state index in [2.05, 4.69) is 25.9 Å². The summed E-state index contributed by atoms with van der Waals surface area (Å²) in [5.74, 6) is 0.308. The van der Waals surface area contributed by atoms with Crippen LogP contribution in [0.5, 0.6) is 5.75 Å². The zero-order valence-electron chi connectivity index (χ0n) is 25.2. The number of hydrogen-bond donors (Lipinski definition) is 4. The molecule has 0 saturated heterocycles. The summed E-state index contributed by atoms with van der Waals surface area (Å²) in [4.78, 5) is 49.2. The molecule has 0 aliphatic heterocycles. The molecule has 1 heterocycles. The molecular formula is C29H44N8O4. The summed E-state index contributed by atoms with van der Waals surface area (Å²) in [7, 11) is 5.43. The molecule has 1 aromatic heterocycles. The van der Waals surface area contributed by atoms with Crippen molar-refractivity contribution in [3.63, 3.8) is 0 Å². The molecule has 3 amide bonds. The maximum absolute atomic E-state index is 12.5. The molecule has 0 radical (unpaired) electrons. The summed E-state index contributed by atoms with van der Waals surface area (Å²) >= 11 is 0. The molecule has 0 aliphatic rings. The van der Waals surface area contributed by atoms with E-state index in [1.165, 1.54) is 11.0 Å². The lowest BCUT2D eigenvalue weighted by atomic mass is 10.2. The van der Waals surface area contributed by atoms with Crippen molar-refractivity contribution >= 4 is 35.0 Å². The molecule has 224 valence electrons. The highest BCUT2D eigenvalue weighted by atomic mass is 16.5. The standard InChI is InChI=1S/C29H44N8O4/c1-8-23-27(32-19(2)3)35-28(25(34-23)26(30)39)33-21-12-9-13-22(18-21)41-17-11-15-31-29(40)20(4)37(7)24(38)14-10-16-36(5)6/h9-10,12-14,18-20H,8,11,15-17H2,1-7H3,(H2,30,39)(H,31,40)(H2,32,33,35)/b14-10+/t20-/m0/s1. The van der Waals surface area contributed by atoms with Crippen molar-refractivity contribution in [1.29, 1.82) is 0 Å². The monoisotopic (exact) mass is 568 g/mol. The van der Waals surface area contributed by atoms with Crippen LogP contribution in [0.3, 0.4) is 0 Å². The predicted molar refractivity (Wildman–Crippen MR) is 161 cm³/mol. The minimum atomic E-state index is -0.675. The van der Waals surface area contributed by atoms with Crippen LogP contribution in [0.15, 0.2) is 36.4 Å². The number of aryl methyl sites for hydroxylation is 1. The van der Waals surface area contributed by atoms with Gasteiger partial charge in [0.15, 0.2) is 11.5 Å². The van der Waals surface area contributed by atoms with Crippen molar-refractivity contribution in [3.8, 4) is 5.75 Å². The van der Waals surface area contributed by atoms with Crippen LogP contribution in [0.2, 0.25) is 0 Å². The maximum atomic E-state index is 12.5. The fourth-order valence-corrected chi connectivity index (χ4v) is 3.64. The van der Waals surface area contributed by atoms with Crippen LogP contribution < -0.4 is 26.4 Å². The molecule has 12 nitrogen and oxygen atoms in total. The van der Waals surface area contributed by atoms with E-state index in [0.29, 0.717) is 55.5 Å². The predicted octanol–water partition coefficient (Wildman–Crippen LogP) is 2.55. The van der Waals surface area contributed by atoms with E-state index < -0.39 is 11.9 Å². The first kappa shape index (κ1) is 33.0. The minimum absolute atomic E-state index is 0.0596. The van der Waals surface area contributed by atoms with Gasteiger partial charge in [-0.2, -0.15) is 0 Å². The van der Waals surface area contributed by atoms with Crippen LogP contribution in [-0.2, 0) is 16.0 Å². The zero-order valence-corrected chi connectivity index (χ0v) is 25.2. The second-order valence-electron chi connectivity index (χ2n) is 10.2. The van der Waals surface area contributed by atoms with Gasteiger partial charge in [-0.3, -0.25) is 14.4 Å². The molecule has 0 bridgehead atoms. The SMILES string of the molecule is CCc1nc(C(N)=O)c(Nc2cccc(OCCCNC(=O)[C@H](C)N(C)C(=O)/C=C/CN(C)C)c2)nc1NC(C)C. The number of nitrogens with two attached hydrogens (primary N) is 1. The third-order valence-corrected chi connectivity index (χ3v) is 5.99. The molecule has 12 heteroatoms. The van der Waals surface area contributed by atoms with Gasteiger partial charge in [-0.05, 0) is 59.8 Å². The number of hydrogen-bond acceptors (Lipinski definition) is 9. The topological polar surface area (TPSA) is 155 Å². The Morgan fingerprint density at radius 2 is 1.83 bits per heavy atom. The third kappa shape index (κ3) is 10.7. The Labute approximate surface area is 242 Å². The number of benzene rings is 1. The summed E-state index contributed by atoms with van der Waals surface area (Å²) in [6, 6.07) is 6.74. The van der Waals surface area contributed by atoms with Crippen molar-refractivity contribution in [2.75, 3.05) is 51.5 Å². The molecule has 0 fully saturated rings. The number of carbonyl (C=O) groups is 3. The summed E-state index contributed by atoms with van der Waals surface area (Å²) in [5.41, 5.74) is 6.95. The van der Waals surface area contributed by atoms with E-state index in [1.54, 1.807) is 26.1 Å². The minimum Gasteiger partial charge on any atom is -0.493 e. The van der Waals surface area contributed by atoms with E-state index in [4.69, 9.17) is 10.5 Å². The van der Waals surface area contributed by atoms with Crippen molar-refractivity contribution in [2.24, 2.45) is 5.73 Å². The van der Waals surface area contributed by atoms with Crippen molar-refractivity contribution < 1.29 is 19.1 Å². The number of ether oxygens (including phenoxy) is 1. The summed E-state index contributed by atoms with van der Waals surface area (Å²) in [6.07, 6.45) is 4.40. The van der Waals surface area contributed by atoms with Gasteiger partial charge in [0, 0.05) is 44.0 Å². The van der Waals surface area contributed by atoms with Crippen molar-refractivity contribution in [3.05, 3.63) is 47.8 Å². The van der Waals surface area contributed by atoms with Crippen molar-refractivity contribution in [2.45, 2.75) is 52.6 Å². The van der Waals surface area contributed by atoms with Gasteiger partial charge in [0.2, 0.25) is 11.8 Å². The molecule has 1 aromatic carbocycles. The number of rotatable bonds is 16. The largest absolute Gasteiger partial charge is 0.493 e. The van der Waals surface area contributed by atoms with E-state index in [9.17, 15) is 14.4 Å². The molecule has 41 heavy (non-hydrogen) atoms. The Morgan fingerprint density at radius 3 is 2.46 bits per heavy atom. The first-order valence-corrected chi connectivity index (χ1v) is 13.8. The van der Waals surface area contributed by atoms with Crippen LogP contribution in [0.25, 0.3) is 0 Å². The lowest BCUT2D eigenvalue weighted by molar-refractivity contribution is -0.135. The molecule has 2 rings (SSSR count). The van der Waals surface area contributed by atoms with Gasteiger partial charge < -0.3 is 36.2 Å². The fraction of sp³-hybridized carbons (Fsp3) is 0.483. The average molecular weight is 569 g/mol. The fourth-order valence-electron chi connectivity index (χ4n) is 3.64. The van der Waals surface area contributed by atoms with Crippen LogP contribution in [-0.4, -0.2) is 90.4 Å². The molecule has 5 N–H and O–H groups in total. The van der Waals surface area contributed by atoms with Crippen LogP contribution >= 0.6 is 0 Å². The number of primary amides is 1. The van der Waals surface area contributed by atoms with Gasteiger partial charge in [0.1, 0.15) is 17.6 Å². The highest BCUT2D eigenvalue weighted by molar-refractivity contribution is 5.96. The third-order valence-electron chi connectivity index (χ3n) is 5.99. The number of likely N-dealkylation sites (N-methyl/N-ethyl adjacent to an activating group) is 2. The normalized spacial score (nSPS) is 11.9. The second-order valence-corrected chi connectivity index (χ2v) is 10.2. The van der Waals surface area contributed by atoms with Gasteiger partial charge in [0.25, 0.3) is 5.91 Å². The highest BCUT2D eigenvalue weighted by Gasteiger charge is 2.21. The molecule has 0 spiro atoms. The number of amides is 3. The smallest absolute Gasteiger partial charge is 0.271 e. The number of nitrogens with one attached hydrogen (secondary N) is 3. The number of aromatic nitrogens is 2. The van der Waals surface area contributed by atoms with Gasteiger partial charge in [0.05, 0.1) is 12.3 Å². The Morgan fingerprint density at radius 1 is 1.10 bits per heavy atom. The molecule has 0 aliphatic carbocycles. The van der Waals surface area contributed by atoms with Crippen molar-refractivity contribution in [1.82, 2.24) is 25.1 Å². The molecule has 0 saturated carbocycles. The Bertz CT molecular complexity index is 1220. The molecule has 2 aromatic rings. The van der Waals surface area contributed by atoms with E-state index in [0.717, 1.165) is 0 Å². The van der Waals surface area contributed by atoms with E-state index >= 15 is 0 Å². The Kier molecular flexibility index (Phi) is 13.0. The Hall–Kier alpha value is -4.19. The van der Waals surface area contributed by atoms with Gasteiger partial charge >= 0.3 is 0 Å². The van der Waals surface area contributed by atoms with E-state index in [1.807, 2.05) is 58.0 Å².